The van der Waals surface area contributed by atoms with E-state index < -0.39 is 5.30 Å². The maximum absolute atomic E-state index is 10.2. The number of hydrogen-bond acceptors (Lipinski definition) is 3. The van der Waals surface area contributed by atoms with Crippen molar-refractivity contribution >= 4 is 22.8 Å². The third kappa shape index (κ3) is 2.51. The number of benzene rings is 1. The summed E-state index contributed by atoms with van der Waals surface area (Å²) in [5.74, 6) is 0. The Kier molecular flexibility index (Phi) is 2.38. The standard InChI is InChI=1S/C7H7NO2S/c8-5-1-3-6(4-2-5)11-7(9)10/h1-4H,8H2,(H,9,10). The van der Waals surface area contributed by atoms with Gasteiger partial charge in [0.25, 0.3) is 0 Å². The van der Waals surface area contributed by atoms with E-state index in [4.69, 9.17) is 10.8 Å². The quantitative estimate of drug-likeness (QED) is 0.498. The molecule has 0 fully saturated rings. The van der Waals surface area contributed by atoms with Crippen molar-refractivity contribution in [2.24, 2.45) is 0 Å². The molecule has 58 valence electrons. The van der Waals surface area contributed by atoms with Gasteiger partial charge in [0.05, 0.1) is 0 Å². The van der Waals surface area contributed by atoms with Crippen LogP contribution in [0, 0.1) is 0 Å². The van der Waals surface area contributed by atoms with Crippen LogP contribution < -0.4 is 5.73 Å². The van der Waals surface area contributed by atoms with Crippen molar-refractivity contribution in [1.29, 1.82) is 0 Å². The summed E-state index contributed by atoms with van der Waals surface area (Å²) in [7, 11) is 0. The molecule has 1 aromatic carbocycles. The summed E-state index contributed by atoms with van der Waals surface area (Å²) in [6.07, 6.45) is 0. The van der Waals surface area contributed by atoms with Crippen LogP contribution in [0.1, 0.15) is 0 Å². The zero-order chi connectivity index (χ0) is 8.27. The average Bonchev–Trinajstić information content (AvgIpc) is 1.93. The molecule has 0 amide bonds. The average molecular weight is 169 g/mol. The number of thioether (sulfide) groups is 1. The lowest BCUT2D eigenvalue weighted by molar-refractivity contribution is 0.222. The van der Waals surface area contributed by atoms with Crippen LogP contribution in [-0.4, -0.2) is 10.4 Å². The van der Waals surface area contributed by atoms with Crippen LogP contribution in [0.3, 0.4) is 0 Å². The first kappa shape index (κ1) is 7.94. The van der Waals surface area contributed by atoms with Gasteiger partial charge in [0.1, 0.15) is 0 Å². The van der Waals surface area contributed by atoms with Gasteiger partial charge in [0, 0.05) is 10.6 Å². The van der Waals surface area contributed by atoms with Gasteiger partial charge >= 0.3 is 5.30 Å². The lowest BCUT2D eigenvalue weighted by atomic mass is 10.3. The van der Waals surface area contributed by atoms with E-state index in [1.165, 1.54) is 0 Å². The van der Waals surface area contributed by atoms with Crippen LogP contribution >= 0.6 is 11.8 Å². The Morgan fingerprint density at radius 1 is 1.36 bits per heavy atom. The molecule has 0 aromatic heterocycles. The molecule has 0 saturated carbocycles. The summed E-state index contributed by atoms with van der Waals surface area (Å²) < 4.78 is 0. The molecule has 0 unspecified atom stereocenters. The highest BCUT2D eigenvalue weighted by molar-refractivity contribution is 8.13. The molecular weight excluding hydrogens is 162 g/mol. The maximum Gasteiger partial charge on any atom is 0.369 e. The Morgan fingerprint density at radius 3 is 2.36 bits per heavy atom. The van der Waals surface area contributed by atoms with E-state index in [0.29, 0.717) is 10.6 Å². The predicted molar refractivity (Wildman–Crippen MR) is 44.7 cm³/mol. The fourth-order valence-electron chi connectivity index (χ4n) is 0.637. The molecule has 0 heterocycles. The Labute approximate surface area is 68.2 Å². The van der Waals surface area contributed by atoms with E-state index in [-0.39, 0.29) is 0 Å². The minimum atomic E-state index is -0.908. The van der Waals surface area contributed by atoms with Crippen molar-refractivity contribution in [1.82, 2.24) is 0 Å². The van der Waals surface area contributed by atoms with E-state index in [1.54, 1.807) is 24.3 Å². The molecule has 0 aliphatic carbocycles. The highest BCUT2D eigenvalue weighted by atomic mass is 32.2. The van der Waals surface area contributed by atoms with Crippen molar-refractivity contribution in [3.8, 4) is 0 Å². The Bertz CT molecular complexity index is 258. The first-order valence-electron chi connectivity index (χ1n) is 2.95. The molecule has 3 nitrogen and oxygen atoms in total. The highest BCUT2D eigenvalue weighted by Crippen LogP contribution is 2.19. The minimum absolute atomic E-state index is 0.639. The van der Waals surface area contributed by atoms with E-state index in [0.717, 1.165) is 11.8 Å². The molecule has 0 atom stereocenters. The summed E-state index contributed by atoms with van der Waals surface area (Å²) >= 11 is 0.768. The van der Waals surface area contributed by atoms with Gasteiger partial charge in [-0.15, -0.1) is 0 Å². The number of hydrogen-bond donors (Lipinski definition) is 2. The lowest BCUT2D eigenvalue weighted by Gasteiger charge is -1.95. The predicted octanol–water partition coefficient (Wildman–Crippen LogP) is 2.04. The number of carboxylic acid groups (broad SMARTS) is 1. The zero-order valence-electron chi connectivity index (χ0n) is 5.65. The van der Waals surface area contributed by atoms with Gasteiger partial charge in [-0.3, -0.25) is 0 Å². The molecule has 0 spiro atoms. The Morgan fingerprint density at radius 2 is 1.91 bits per heavy atom. The molecule has 0 radical (unpaired) electrons. The second-order valence-electron chi connectivity index (χ2n) is 1.94. The second kappa shape index (κ2) is 3.30. The summed E-state index contributed by atoms with van der Waals surface area (Å²) in [4.78, 5) is 10.9. The summed E-state index contributed by atoms with van der Waals surface area (Å²) in [6.45, 7) is 0. The molecule has 0 aliphatic rings. The van der Waals surface area contributed by atoms with Gasteiger partial charge in [-0.1, -0.05) is 0 Å². The lowest BCUT2D eigenvalue weighted by Crippen LogP contribution is -1.85. The van der Waals surface area contributed by atoms with Crippen molar-refractivity contribution in [2.45, 2.75) is 4.90 Å². The molecule has 4 heteroatoms. The van der Waals surface area contributed by atoms with Crippen LogP contribution in [0.25, 0.3) is 0 Å². The number of rotatable bonds is 1. The van der Waals surface area contributed by atoms with E-state index >= 15 is 0 Å². The SMILES string of the molecule is Nc1ccc(SC(=O)O)cc1. The monoisotopic (exact) mass is 169 g/mol. The van der Waals surface area contributed by atoms with Crippen LogP contribution in [0.5, 0.6) is 0 Å². The third-order valence-corrected chi connectivity index (χ3v) is 1.77. The van der Waals surface area contributed by atoms with Crippen LogP contribution in [-0.2, 0) is 0 Å². The molecule has 1 rings (SSSR count). The number of nitrogens with two attached hydrogens (primary N) is 1. The van der Waals surface area contributed by atoms with E-state index in [2.05, 4.69) is 0 Å². The summed E-state index contributed by atoms with van der Waals surface area (Å²) in [5, 5.41) is 7.46. The van der Waals surface area contributed by atoms with Crippen molar-refractivity contribution in [3.63, 3.8) is 0 Å². The Balaban J connectivity index is 2.74. The molecule has 0 saturated heterocycles. The highest BCUT2D eigenvalue weighted by Gasteiger charge is 1.99. The minimum Gasteiger partial charge on any atom is -0.473 e. The van der Waals surface area contributed by atoms with Crippen LogP contribution in [0.2, 0.25) is 0 Å². The van der Waals surface area contributed by atoms with Crippen molar-refractivity contribution in [3.05, 3.63) is 24.3 Å². The van der Waals surface area contributed by atoms with E-state index in [9.17, 15) is 4.79 Å². The number of anilines is 1. The maximum atomic E-state index is 10.2. The molecule has 11 heavy (non-hydrogen) atoms. The molecule has 1 aromatic rings. The number of carbonyl (C=O) groups is 1. The molecular formula is C7H7NO2S. The normalized spacial score (nSPS) is 9.45. The van der Waals surface area contributed by atoms with Crippen molar-refractivity contribution < 1.29 is 9.90 Å². The third-order valence-electron chi connectivity index (χ3n) is 1.09. The fourth-order valence-corrected chi connectivity index (χ4v) is 1.11. The van der Waals surface area contributed by atoms with E-state index in [1.807, 2.05) is 0 Å². The second-order valence-corrected chi connectivity index (χ2v) is 2.96. The summed E-state index contributed by atoms with van der Waals surface area (Å²) in [5.41, 5.74) is 6.04. The van der Waals surface area contributed by atoms with Gasteiger partial charge < -0.3 is 10.8 Å². The van der Waals surface area contributed by atoms with Gasteiger partial charge in [0.2, 0.25) is 0 Å². The molecule has 3 N–H and O–H groups in total. The van der Waals surface area contributed by atoms with Gasteiger partial charge in [-0.2, -0.15) is 0 Å². The van der Waals surface area contributed by atoms with Crippen LogP contribution in [0.4, 0.5) is 10.5 Å². The fraction of sp³-hybridized carbons (Fsp3) is 0. The molecule has 0 bridgehead atoms. The zero-order valence-corrected chi connectivity index (χ0v) is 6.47. The van der Waals surface area contributed by atoms with Crippen molar-refractivity contribution in [2.75, 3.05) is 5.73 Å². The first-order chi connectivity index (χ1) is 5.18. The largest absolute Gasteiger partial charge is 0.473 e. The topological polar surface area (TPSA) is 63.3 Å². The van der Waals surface area contributed by atoms with Gasteiger partial charge in [-0.05, 0) is 36.0 Å². The Hall–Kier alpha value is -1.16. The first-order valence-corrected chi connectivity index (χ1v) is 3.76. The molecule has 0 aliphatic heterocycles. The van der Waals surface area contributed by atoms with Gasteiger partial charge in [-0.25, -0.2) is 4.79 Å². The number of nitrogen functional groups attached to an aromatic ring is 1. The smallest absolute Gasteiger partial charge is 0.369 e. The van der Waals surface area contributed by atoms with Gasteiger partial charge in [0.15, 0.2) is 0 Å². The summed E-state index contributed by atoms with van der Waals surface area (Å²) in [6, 6.07) is 6.69. The van der Waals surface area contributed by atoms with Crippen LogP contribution in [0.15, 0.2) is 29.2 Å².